The van der Waals surface area contributed by atoms with Gasteiger partial charge in [0.25, 0.3) is 5.69 Å². The summed E-state index contributed by atoms with van der Waals surface area (Å²) in [6.45, 7) is 4.22. The van der Waals surface area contributed by atoms with E-state index in [1.807, 2.05) is 13.0 Å². The molecule has 1 fully saturated rings. The Hall–Kier alpha value is -1.82. The normalized spacial score (nSPS) is 18.3. The highest BCUT2D eigenvalue weighted by Gasteiger charge is 2.24. The molecule has 110 valence electrons. The molecule has 20 heavy (non-hydrogen) atoms. The average molecular weight is 280 g/mol. The van der Waals surface area contributed by atoms with Gasteiger partial charge < -0.3 is 14.7 Å². The number of benzene rings is 1. The number of nitro groups is 1. The molecule has 1 atom stereocenters. The number of ether oxygens (including phenoxy) is 1. The van der Waals surface area contributed by atoms with Gasteiger partial charge in [0.1, 0.15) is 5.75 Å². The number of hydrogen-bond acceptors (Lipinski definition) is 5. The number of anilines is 1. The Morgan fingerprint density at radius 2 is 2.30 bits per heavy atom. The molecule has 0 saturated carbocycles. The molecule has 0 aromatic heterocycles. The summed E-state index contributed by atoms with van der Waals surface area (Å²) in [7, 11) is 0. The van der Waals surface area contributed by atoms with Gasteiger partial charge in [-0.05, 0) is 12.8 Å². The molecule has 2 rings (SSSR count). The van der Waals surface area contributed by atoms with Crippen molar-refractivity contribution < 1.29 is 14.8 Å². The first-order chi connectivity index (χ1) is 9.63. The number of rotatable bonds is 6. The molecule has 6 nitrogen and oxygen atoms in total. The Morgan fingerprint density at radius 3 is 2.90 bits per heavy atom. The molecular weight excluding hydrogens is 260 g/mol. The van der Waals surface area contributed by atoms with E-state index in [0.717, 1.165) is 31.6 Å². The largest absolute Gasteiger partial charge is 0.493 e. The van der Waals surface area contributed by atoms with Gasteiger partial charge in [0, 0.05) is 43.4 Å². The highest BCUT2D eigenvalue weighted by Crippen LogP contribution is 2.31. The lowest BCUT2D eigenvalue weighted by atomic mass is 10.1. The van der Waals surface area contributed by atoms with Crippen molar-refractivity contribution in [3.05, 3.63) is 28.3 Å². The molecule has 1 aliphatic heterocycles. The Morgan fingerprint density at radius 1 is 1.50 bits per heavy atom. The van der Waals surface area contributed by atoms with Crippen LogP contribution >= 0.6 is 0 Å². The van der Waals surface area contributed by atoms with E-state index >= 15 is 0 Å². The second kappa shape index (κ2) is 6.56. The van der Waals surface area contributed by atoms with Crippen LogP contribution in [0.15, 0.2) is 18.2 Å². The maximum Gasteiger partial charge on any atom is 0.275 e. The fourth-order valence-corrected chi connectivity index (χ4v) is 2.38. The molecule has 1 saturated heterocycles. The maximum atomic E-state index is 11.0. The van der Waals surface area contributed by atoms with Gasteiger partial charge in [-0.25, -0.2) is 0 Å². The zero-order chi connectivity index (χ0) is 14.5. The predicted octanol–water partition coefficient (Wildman–Crippen LogP) is 2.20. The number of aliphatic hydroxyl groups excluding tert-OH is 1. The van der Waals surface area contributed by atoms with Gasteiger partial charge in [-0.1, -0.05) is 6.92 Å². The highest BCUT2D eigenvalue weighted by atomic mass is 16.6. The van der Waals surface area contributed by atoms with Gasteiger partial charge in [-0.2, -0.15) is 0 Å². The zero-order valence-corrected chi connectivity index (χ0v) is 11.6. The van der Waals surface area contributed by atoms with E-state index in [1.54, 1.807) is 6.07 Å². The molecule has 1 aliphatic rings. The van der Waals surface area contributed by atoms with Crippen molar-refractivity contribution in [3.8, 4) is 5.75 Å². The molecule has 1 aromatic rings. The minimum atomic E-state index is -0.401. The van der Waals surface area contributed by atoms with Gasteiger partial charge in [0.05, 0.1) is 17.6 Å². The lowest BCUT2D eigenvalue weighted by molar-refractivity contribution is -0.384. The second-order valence-corrected chi connectivity index (χ2v) is 5.07. The van der Waals surface area contributed by atoms with Crippen molar-refractivity contribution in [1.29, 1.82) is 0 Å². The highest BCUT2D eigenvalue weighted by molar-refractivity contribution is 5.58. The van der Waals surface area contributed by atoms with Gasteiger partial charge in [0.2, 0.25) is 0 Å². The SMILES string of the molecule is CCCOc1cc(N2CCC(CO)C2)cc([N+](=O)[O-])c1. The topological polar surface area (TPSA) is 75.8 Å². The molecule has 0 amide bonds. The molecular formula is C14H20N2O4. The average Bonchev–Trinajstić information content (AvgIpc) is 2.93. The van der Waals surface area contributed by atoms with Gasteiger partial charge in [-0.15, -0.1) is 0 Å². The summed E-state index contributed by atoms with van der Waals surface area (Å²) < 4.78 is 5.52. The fraction of sp³-hybridized carbons (Fsp3) is 0.571. The number of nitrogens with zero attached hydrogens (tertiary/aromatic N) is 2. The Kier molecular flexibility index (Phi) is 4.79. The van der Waals surface area contributed by atoms with E-state index in [4.69, 9.17) is 4.74 Å². The number of non-ortho nitro benzene ring substituents is 1. The van der Waals surface area contributed by atoms with Crippen LogP contribution in [-0.2, 0) is 0 Å². The summed E-state index contributed by atoms with van der Waals surface area (Å²) in [5, 5.41) is 20.2. The third-order valence-corrected chi connectivity index (χ3v) is 3.47. The number of aliphatic hydroxyl groups is 1. The van der Waals surface area contributed by atoms with Crippen LogP contribution in [-0.4, -0.2) is 36.3 Å². The Labute approximate surface area is 118 Å². The summed E-state index contributed by atoms with van der Waals surface area (Å²) in [5.41, 5.74) is 0.835. The minimum Gasteiger partial charge on any atom is -0.493 e. The van der Waals surface area contributed by atoms with Gasteiger partial charge >= 0.3 is 0 Å². The van der Waals surface area contributed by atoms with Crippen LogP contribution < -0.4 is 9.64 Å². The predicted molar refractivity (Wildman–Crippen MR) is 76.3 cm³/mol. The van der Waals surface area contributed by atoms with E-state index < -0.39 is 4.92 Å². The first-order valence-electron chi connectivity index (χ1n) is 6.92. The van der Waals surface area contributed by atoms with Crippen LogP contribution in [0.1, 0.15) is 19.8 Å². The summed E-state index contributed by atoms with van der Waals surface area (Å²) in [5.74, 6) is 0.776. The van der Waals surface area contributed by atoms with Crippen LogP contribution in [0.2, 0.25) is 0 Å². The van der Waals surface area contributed by atoms with Crippen molar-refractivity contribution in [3.63, 3.8) is 0 Å². The van der Waals surface area contributed by atoms with Crippen molar-refractivity contribution in [1.82, 2.24) is 0 Å². The van der Waals surface area contributed by atoms with Crippen LogP contribution in [0.3, 0.4) is 0 Å². The first-order valence-corrected chi connectivity index (χ1v) is 6.92. The van der Waals surface area contributed by atoms with Gasteiger partial charge in [-0.3, -0.25) is 10.1 Å². The summed E-state index contributed by atoms with van der Waals surface area (Å²) >= 11 is 0. The lowest BCUT2D eigenvalue weighted by Gasteiger charge is -2.19. The van der Waals surface area contributed by atoms with Crippen LogP contribution in [0, 0.1) is 16.0 Å². The van der Waals surface area contributed by atoms with Crippen LogP contribution in [0.5, 0.6) is 5.75 Å². The number of hydrogen-bond donors (Lipinski definition) is 1. The van der Waals surface area contributed by atoms with E-state index in [9.17, 15) is 15.2 Å². The summed E-state index contributed by atoms with van der Waals surface area (Å²) in [4.78, 5) is 12.7. The second-order valence-electron chi connectivity index (χ2n) is 5.07. The van der Waals surface area contributed by atoms with Crippen molar-refractivity contribution >= 4 is 11.4 Å². The quantitative estimate of drug-likeness (QED) is 0.638. The third-order valence-electron chi connectivity index (χ3n) is 3.47. The van der Waals surface area contributed by atoms with E-state index in [1.165, 1.54) is 6.07 Å². The number of nitro benzene ring substituents is 1. The molecule has 1 aromatic carbocycles. The van der Waals surface area contributed by atoms with Crippen molar-refractivity contribution in [2.75, 3.05) is 31.2 Å². The summed E-state index contributed by atoms with van der Waals surface area (Å²) in [6, 6.07) is 4.86. The van der Waals surface area contributed by atoms with Crippen LogP contribution in [0.4, 0.5) is 11.4 Å². The standard InChI is InChI=1S/C14H20N2O4/c1-2-5-20-14-7-12(6-13(8-14)16(18)19)15-4-3-11(9-15)10-17/h6-8,11,17H,2-5,9-10H2,1H3. The van der Waals surface area contributed by atoms with Crippen molar-refractivity contribution in [2.45, 2.75) is 19.8 Å². The van der Waals surface area contributed by atoms with Crippen LogP contribution in [0.25, 0.3) is 0 Å². The molecule has 1 heterocycles. The minimum absolute atomic E-state index is 0.0426. The molecule has 0 radical (unpaired) electrons. The summed E-state index contributed by atoms with van der Waals surface area (Å²) in [6.07, 6.45) is 1.76. The zero-order valence-electron chi connectivity index (χ0n) is 11.6. The smallest absolute Gasteiger partial charge is 0.275 e. The molecule has 6 heteroatoms. The lowest BCUT2D eigenvalue weighted by Crippen LogP contribution is -2.20. The van der Waals surface area contributed by atoms with Gasteiger partial charge in [0.15, 0.2) is 0 Å². The maximum absolute atomic E-state index is 11.0. The van der Waals surface area contributed by atoms with E-state index in [-0.39, 0.29) is 18.2 Å². The molecule has 1 N–H and O–H groups in total. The van der Waals surface area contributed by atoms with Crippen molar-refractivity contribution in [2.24, 2.45) is 5.92 Å². The first kappa shape index (κ1) is 14.6. The van der Waals surface area contributed by atoms with E-state index in [0.29, 0.717) is 12.4 Å². The molecule has 0 spiro atoms. The Balaban J connectivity index is 2.22. The monoisotopic (exact) mass is 280 g/mol. The fourth-order valence-electron chi connectivity index (χ4n) is 2.38. The molecule has 0 bridgehead atoms. The third kappa shape index (κ3) is 3.39. The molecule has 0 aliphatic carbocycles. The Bertz CT molecular complexity index is 478. The van der Waals surface area contributed by atoms with E-state index in [2.05, 4.69) is 4.90 Å². The molecule has 1 unspecified atom stereocenters.